The van der Waals surface area contributed by atoms with Crippen LogP contribution in [0, 0.1) is 0 Å². The fourth-order valence-corrected chi connectivity index (χ4v) is 5.90. The number of hydrogen-bond donors (Lipinski definition) is 1. The zero-order valence-electron chi connectivity index (χ0n) is 18.3. The predicted octanol–water partition coefficient (Wildman–Crippen LogP) is 2.48. The van der Waals surface area contributed by atoms with Crippen molar-refractivity contribution in [2.24, 2.45) is 0 Å². The van der Waals surface area contributed by atoms with Crippen LogP contribution < -0.4 is 5.32 Å². The lowest BCUT2D eigenvalue weighted by atomic mass is 9.96. The Kier molecular flexibility index (Phi) is 7.90. The zero-order chi connectivity index (χ0) is 21.7. The molecule has 1 aromatic carbocycles. The van der Waals surface area contributed by atoms with E-state index in [0.29, 0.717) is 12.1 Å². The standard InChI is InChI=1S/C22H35N3O4S/c1-17-15-25(16-18(2)29-17)14-13-23-22(26)19-9-11-21(12-10-19)30(27,28)24(3)20-7-5-4-6-8-20/h9-12,17-18,20H,4-8,13-16H2,1-3H3,(H,23,26). The zero-order valence-corrected chi connectivity index (χ0v) is 19.2. The second-order valence-corrected chi connectivity index (χ2v) is 10.6. The Balaban J connectivity index is 1.53. The van der Waals surface area contributed by atoms with E-state index < -0.39 is 10.0 Å². The van der Waals surface area contributed by atoms with Gasteiger partial charge in [-0.15, -0.1) is 0 Å². The predicted molar refractivity (Wildman–Crippen MR) is 117 cm³/mol. The second-order valence-electron chi connectivity index (χ2n) is 8.61. The molecule has 2 unspecified atom stereocenters. The summed E-state index contributed by atoms with van der Waals surface area (Å²) in [5.41, 5.74) is 0.470. The molecule has 1 aliphatic carbocycles. The highest BCUT2D eigenvalue weighted by atomic mass is 32.2. The van der Waals surface area contributed by atoms with E-state index in [0.717, 1.165) is 45.3 Å². The number of ether oxygens (including phenoxy) is 1. The topological polar surface area (TPSA) is 79.0 Å². The van der Waals surface area contributed by atoms with Gasteiger partial charge >= 0.3 is 0 Å². The average molecular weight is 438 g/mol. The van der Waals surface area contributed by atoms with Crippen LogP contribution in [-0.2, 0) is 14.8 Å². The molecule has 168 valence electrons. The maximum atomic E-state index is 12.9. The Morgan fingerprint density at radius 3 is 2.30 bits per heavy atom. The van der Waals surface area contributed by atoms with Crippen molar-refractivity contribution in [3.8, 4) is 0 Å². The molecule has 0 bridgehead atoms. The molecule has 0 radical (unpaired) electrons. The molecule has 30 heavy (non-hydrogen) atoms. The lowest BCUT2D eigenvalue weighted by Crippen LogP contribution is -2.47. The minimum Gasteiger partial charge on any atom is -0.373 e. The largest absolute Gasteiger partial charge is 0.373 e. The van der Waals surface area contributed by atoms with Crippen molar-refractivity contribution in [1.29, 1.82) is 0 Å². The van der Waals surface area contributed by atoms with Gasteiger partial charge in [0, 0.05) is 44.8 Å². The van der Waals surface area contributed by atoms with Crippen LogP contribution in [-0.4, -0.2) is 75.0 Å². The Morgan fingerprint density at radius 2 is 1.70 bits per heavy atom. The maximum Gasteiger partial charge on any atom is 0.251 e. The van der Waals surface area contributed by atoms with Gasteiger partial charge in [-0.1, -0.05) is 19.3 Å². The number of hydrogen-bond acceptors (Lipinski definition) is 5. The van der Waals surface area contributed by atoms with Crippen molar-refractivity contribution in [2.75, 3.05) is 33.2 Å². The van der Waals surface area contributed by atoms with Crippen LogP contribution in [0.4, 0.5) is 0 Å². The highest BCUT2D eigenvalue weighted by Crippen LogP contribution is 2.26. The summed E-state index contributed by atoms with van der Waals surface area (Å²) < 4.78 is 33.1. The summed E-state index contributed by atoms with van der Waals surface area (Å²) in [7, 11) is -1.87. The van der Waals surface area contributed by atoms with Crippen molar-refractivity contribution in [1.82, 2.24) is 14.5 Å². The number of rotatable bonds is 7. The lowest BCUT2D eigenvalue weighted by molar-refractivity contribution is -0.0672. The third-order valence-electron chi connectivity index (χ3n) is 6.09. The second kappa shape index (κ2) is 10.2. The summed E-state index contributed by atoms with van der Waals surface area (Å²) >= 11 is 0. The number of benzene rings is 1. The third kappa shape index (κ3) is 5.81. The van der Waals surface area contributed by atoms with Gasteiger partial charge in [0.15, 0.2) is 0 Å². The molecular weight excluding hydrogens is 402 g/mol. The van der Waals surface area contributed by atoms with E-state index in [9.17, 15) is 13.2 Å². The quantitative estimate of drug-likeness (QED) is 0.709. The van der Waals surface area contributed by atoms with E-state index in [2.05, 4.69) is 24.1 Å². The van der Waals surface area contributed by atoms with Crippen molar-refractivity contribution >= 4 is 15.9 Å². The van der Waals surface area contributed by atoms with Crippen LogP contribution in [0.2, 0.25) is 0 Å². The first-order valence-corrected chi connectivity index (χ1v) is 12.5. The van der Waals surface area contributed by atoms with Gasteiger partial charge in [-0.25, -0.2) is 8.42 Å². The number of nitrogens with zero attached hydrogens (tertiary/aromatic N) is 2. The van der Waals surface area contributed by atoms with Crippen LogP contribution in [0.25, 0.3) is 0 Å². The molecule has 1 aromatic rings. The number of nitrogens with one attached hydrogen (secondary N) is 1. The normalized spacial score (nSPS) is 24.1. The van der Waals surface area contributed by atoms with Crippen LogP contribution >= 0.6 is 0 Å². The molecule has 1 saturated heterocycles. The number of carbonyl (C=O) groups excluding carboxylic acids is 1. The molecule has 1 heterocycles. The lowest BCUT2D eigenvalue weighted by Gasteiger charge is -2.35. The van der Waals surface area contributed by atoms with Crippen LogP contribution in [0.5, 0.6) is 0 Å². The molecule has 8 heteroatoms. The first-order chi connectivity index (χ1) is 14.3. The molecule has 0 aromatic heterocycles. The first kappa shape index (κ1) is 23.2. The van der Waals surface area contributed by atoms with Crippen molar-refractivity contribution in [3.05, 3.63) is 29.8 Å². The molecule has 7 nitrogen and oxygen atoms in total. The Morgan fingerprint density at radius 1 is 1.10 bits per heavy atom. The molecule has 1 N–H and O–H groups in total. The fraction of sp³-hybridized carbons (Fsp3) is 0.682. The smallest absolute Gasteiger partial charge is 0.251 e. The molecule has 2 aliphatic rings. The van der Waals surface area contributed by atoms with E-state index in [1.54, 1.807) is 19.2 Å². The van der Waals surface area contributed by atoms with Crippen molar-refractivity contribution < 1.29 is 17.9 Å². The van der Waals surface area contributed by atoms with Gasteiger partial charge in [-0.2, -0.15) is 4.31 Å². The monoisotopic (exact) mass is 437 g/mol. The molecule has 1 aliphatic heterocycles. The SMILES string of the molecule is CC1CN(CCNC(=O)c2ccc(S(=O)(=O)N(C)C3CCCCC3)cc2)CC(C)O1. The number of amides is 1. The van der Waals surface area contributed by atoms with Gasteiger partial charge in [0.05, 0.1) is 17.1 Å². The summed E-state index contributed by atoms with van der Waals surface area (Å²) in [6.45, 7) is 7.15. The van der Waals surface area contributed by atoms with Crippen LogP contribution in [0.3, 0.4) is 0 Å². The average Bonchev–Trinajstić information content (AvgIpc) is 2.73. The molecule has 1 amide bonds. The molecule has 3 rings (SSSR count). The van der Waals surface area contributed by atoms with Gasteiger partial charge in [0.1, 0.15) is 0 Å². The molecule has 0 spiro atoms. The Bertz CT molecular complexity index is 796. The third-order valence-corrected chi connectivity index (χ3v) is 8.02. The minimum absolute atomic E-state index is 0.0670. The van der Waals surface area contributed by atoms with Gasteiger partial charge in [-0.05, 0) is 51.0 Å². The fourth-order valence-electron chi connectivity index (χ4n) is 4.48. The van der Waals surface area contributed by atoms with E-state index in [1.807, 2.05) is 0 Å². The molecule has 1 saturated carbocycles. The molecule has 2 atom stereocenters. The molecule has 2 fully saturated rings. The highest BCUT2D eigenvalue weighted by molar-refractivity contribution is 7.89. The van der Waals surface area contributed by atoms with Crippen molar-refractivity contribution in [3.63, 3.8) is 0 Å². The van der Waals surface area contributed by atoms with Crippen LogP contribution in [0.15, 0.2) is 29.2 Å². The minimum atomic E-state index is -3.54. The Hall–Kier alpha value is -1.48. The Labute approximate surface area is 180 Å². The summed E-state index contributed by atoms with van der Waals surface area (Å²) in [6, 6.07) is 6.33. The summed E-state index contributed by atoms with van der Waals surface area (Å²) in [6.07, 6.45) is 5.56. The van der Waals surface area contributed by atoms with E-state index in [1.165, 1.54) is 22.9 Å². The summed E-state index contributed by atoms with van der Waals surface area (Å²) in [5.74, 6) is -0.186. The maximum absolute atomic E-state index is 12.9. The van der Waals surface area contributed by atoms with Gasteiger partial charge in [0.25, 0.3) is 5.91 Å². The van der Waals surface area contributed by atoms with E-state index in [-0.39, 0.29) is 29.1 Å². The molecular formula is C22H35N3O4S. The number of sulfonamides is 1. The van der Waals surface area contributed by atoms with E-state index in [4.69, 9.17) is 4.74 Å². The first-order valence-electron chi connectivity index (χ1n) is 11.0. The number of carbonyl (C=O) groups is 1. The van der Waals surface area contributed by atoms with Crippen molar-refractivity contribution in [2.45, 2.75) is 69.1 Å². The van der Waals surface area contributed by atoms with E-state index >= 15 is 0 Å². The van der Waals surface area contributed by atoms with Gasteiger partial charge in [-0.3, -0.25) is 9.69 Å². The summed E-state index contributed by atoms with van der Waals surface area (Å²) in [5, 5.41) is 2.93. The van der Waals surface area contributed by atoms with Gasteiger partial charge < -0.3 is 10.1 Å². The number of morpholine rings is 1. The highest BCUT2D eigenvalue weighted by Gasteiger charge is 2.29. The summed E-state index contributed by atoms with van der Waals surface area (Å²) in [4.78, 5) is 15.0. The van der Waals surface area contributed by atoms with Crippen LogP contribution in [0.1, 0.15) is 56.3 Å². The van der Waals surface area contributed by atoms with Gasteiger partial charge in [0.2, 0.25) is 10.0 Å².